The third kappa shape index (κ3) is 4.24. The van der Waals surface area contributed by atoms with Crippen LogP contribution in [0.5, 0.6) is 0 Å². The molecule has 8 heteroatoms. The molecule has 3 aromatic rings. The van der Waals surface area contributed by atoms with Crippen LogP contribution in [0.15, 0.2) is 74.5 Å². The minimum absolute atomic E-state index is 0.152. The Labute approximate surface area is 184 Å². The van der Waals surface area contributed by atoms with Gasteiger partial charge in [-0.1, -0.05) is 40.2 Å². The van der Waals surface area contributed by atoms with E-state index in [-0.39, 0.29) is 28.2 Å². The Morgan fingerprint density at radius 3 is 2.60 bits per heavy atom. The van der Waals surface area contributed by atoms with Gasteiger partial charge in [0.15, 0.2) is 0 Å². The fourth-order valence-corrected chi connectivity index (χ4v) is 4.01. The summed E-state index contributed by atoms with van der Waals surface area (Å²) in [5.41, 5.74) is 1.61. The second-order valence-electron chi connectivity index (χ2n) is 6.48. The average molecular weight is 484 g/mol. The molecule has 150 valence electrons. The van der Waals surface area contributed by atoms with Crippen LogP contribution >= 0.6 is 27.7 Å². The third-order valence-corrected chi connectivity index (χ3v) is 5.86. The summed E-state index contributed by atoms with van der Waals surface area (Å²) in [4.78, 5) is 37.6. The molecule has 0 bridgehead atoms. The van der Waals surface area contributed by atoms with Gasteiger partial charge >= 0.3 is 5.97 Å². The number of aromatic carboxylic acids is 1. The number of furan rings is 1. The number of benzene rings is 2. The number of carboxylic acids is 1. The summed E-state index contributed by atoms with van der Waals surface area (Å²) in [6.45, 7) is 0.195. The van der Waals surface area contributed by atoms with E-state index in [0.29, 0.717) is 17.1 Å². The Morgan fingerprint density at radius 2 is 1.87 bits per heavy atom. The van der Waals surface area contributed by atoms with E-state index in [1.54, 1.807) is 24.3 Å². The molecule has 1 aliphatic rings. The molecule has 0 saturated carbocycles. The molecule has 0 unspecified atom stereocenters. The Hall–Kier alpha value is -3.10. The lowest BCUT2D eigenvalue weighted by atomic mass is 10.1. The highest BCUT2D eigenvalue weighted by molar-refractivity contribution is 9.10. The molecule has 2 aromatic carbocycles. The molecule has 1 fully saturated rings. The highest BCUT2D eigenvalue weighted by atomic mass is 79.9. The maximum atomic E-state index is 12.7. The quantitative estimate of drug-likeness (QED) is 0.472. The van der Waals surface area contributed by atoms with Crippen molar-refractivity contribution in [1.29, 1.82) is 0 Å². The number of imide groups is 1. The Balaban J connectivity index is 1.53. The summed E-state index contributed by atoms with van der Waals surface area (Å²) in [6, 6.07) is 17.2. The van der Waals surface area contributed by atoms with Crippen molar-refractivity contribution in [3.63, 3.8) is 0 Å². The van der Waals surface area contributed by atoms with Crippen LogP contribution in [0.25, 0.3) is 17.4 Å². The van der Waals surface area contributed by atoms with Gasteiger partial charge in [-0.15, -0.1) is 0 Å². The number of carboxylic acid groups (broad SMARTS) is 1. The zero-order chi connectivity index (χ0) is 21.3. The standard InChI is InChI=1S/C22H14BrNO5S/c23-16-6-4-13(5-7-16)12-24-20(25)19(30-22(24)28)11-17-8-9-18(29-17)14-2-1-3-15(10-14)21(26)27/h1-11H,12H2,(H,26,27)/b19-11-. The first-order valence-electron chi connectivity index (χ1n) is 8.84. The molecule has 0 spiro atoms. The van der Waals surface area contributed by atoms with Crippen LogP contribution in [0.1, 0.15) is 21.7 Å². The molecule has 2 amide bonds. The zero-order valence-corrected chi connectivity index (χ0v) is 17.8. The number of hydrogen-bond donors (Lipinski definition) is 1. The Morgan fingerprint density at radius 1 is 1.10 bits per heavy atom. The second-order valence-corrected chi connectivity index (χ2v) is 8.39. The van der Waals surface area contributed by atoms with Gasteiger partial charge in [0, 0.05) is 16.1 Å². The van der Waals surface area contributed by atoms with Gasteiger partial charge < -0.3 is 9.52 Å². The minimum Gasteiger partial charge on any atom is -0.478 e. The summed E-state index contributed by atoms with van der Waals surface area (Å²) in [6.07, 6.45) is 1.52. The van der Waals surface area contributed by atoms with E-state index in [1.165, 1.54) is 23.1 Å². The van der Waals surface area contributed by atoms with E-state index in [1.807, 2.05) is 24.3 Å². The molecule has 0 radical (unpaired) electrons. The number of rotatable bonds is 5. The van der Waals surface area contributed by atoms with E-state index in [9.17, 15) is 14.4 Å². The van der Waals surface area contributed by atoms with Gasteiger partial charge in [-0.3, -0.25) is 14.5 Å². The highest BCUT2D eigenvalue weighted by Gasteiger charge is 2.35. The summed E-state index contributed by atoms with van der Waals surface area (Å²) in [5, 5.41) is 8.79. The first-order valence-corrected chi connectivity index (χ1v) is 10.4. The monoisotopic (exact) mass is 483 g/mol. The highest BCUT2D eigenvalue weighted by Crippen LogP contribution is 2.34. The summed E-state index contributed by atoms with van der Waals surface area (Å²) in [5.74, 6) is -0.528. The van der Waals surface area contributed by atoms with Crippen LogP contribution in [0.3, 0.4) is 0 Å². The van der Waals surface area contributed by atoms with E-state index in [2.05, 4.69) is 15.9 Å². The van der Waals surface area contributed by atoms with E-state index in [4.69, 9.17) is 9.52 Å². The molecule has 6 nitrogen and oxygen atoms in total. The van der Waals surface area contributed by atoms with Crippen molar-refractivity contribution in [1.82, 2.24) is 4.90 Å². The smallest absolute Gasteiger partial charge is 0.335 e. The predicted octanol–water partition coefficient (Wildman–Crippen LogP) is 5.64. The number of halogens is 1. The van der Waals surface area contributed by atoms with Gasteiger partial charge in [-0.05, 0) is 53.7 Å². The molecular weight excluding hydrogens is 470 g/mol. The maximum absolute atomic E-state index is 12.7. The average Bonchev–Trinajstić information content (AvgIpc) is 3.30. The molecule has 1 N–H and O–H groups in total. The second kappa shape index (κ2) is 8.33. The van der Waals surface area contributed by atoms with Gasteiger partial charge in [-0.2, -0.15) is 0 Å². The number of carbonyl (C=O) groups is 3. The summed E-state index contributed by atoms with van der Waals surface area (Å²) in [7, 11) is 0. The lowest BCUT2D eigenvalue weighted by Gasteiger charge is -2.12. The van der Waals surface area contributed by atoms with Crippen LogP contribution in [0.2, 0.25) is 0 Å². The zero-order valence-electron chi connectivity index (χ0n) is 15.4. The molecule has 0 atom stereocenters. The molecule has 1 aliphatic heterocycles. The normalized spacial score (nSPS) is 15.2. The van der Waals surface area contributed by atoms with Gasteiger partial charge in [0.05, 0.1) is 17.0 Å². The lowest BCUT2D eigenvalue weighted by molar-refractivity contribution is -0.123. The minimum atomic E-state index is -1.02. The van der Waals surface area contributed by atoms with Gasteiger partial charge in [0.2, 0.25) is 0 Å². The number of nitrogens with zero attached hydrogens (tertiary/aromatic N) is 1. The van der Waals surface area contributed by atoms with Crippen molar-refractivity contribution in [3.8, 4) is 11.3 Å². The summed E-state index contributed by atoms with van der Waals surface area (Å²) >= 11 is 4.22. The molecule has 2 heterocycles. The van der Waals surface area contributed by atoms with Gasteiger partial charge in [-0.25, -0.2) is 4.79 Å². The molecule has 30 heavy (non-hydrogen) atoms. The van der Waals surface area contributed by atoms with Crippen molar-refractivity contribution in [2.45, 2.75) is 6.54 Å². The fourth-order valence-electron chi connectivity index (χ4n) is 2.93. The van der Waals surface area contributed by atoms with Gasteiger partial charge in [0.1, 0.15) is 11.5 Å². The number of hydrogen-bond acceptors (Lipinski definition) is 5. The molecule has 1 saturated heterocycles. The molecule has 1 aromatic heterocycles. The Bertz CT molecular complexity index is 1180. The summed E-state index contributed by atoms with van der Waals surface area (Å²) < 4.78 is 6.67. The van der Waals surface area contributed by atoms with Crippen LogP contribution in [-0.4, -0.2) is 27.1 Å². The third-order valence-electron chi connectivity index (χ3n) is 4.42. The van der Waals surface area contributed by atoms with E-state index >= 15 is 0 Å². The number of amides is 2. The molecule has 0 aliphatic carbocycles. The fraction of sp³-hybridized carbons (Fsp3) is 0.0455. The molecular formula is C22H14BrNO5S. The van der Waals surface area contributed by atoms with Crippen molar-refractivity contribution < 1.29 is 23.9 Å². The van der Waals surface area contributed by atoms with Crippen molar-refractivity contribution >= 4 is 50.9 Å². The first kappa shape index (κ1) is 20.2. The van der Waals surface area contributed by atoms with Crippen LogP contribution in [0.4, 0.5) is 4.79 Å². The van der Waals surface area contributed by atoms with E-state index < -0.39 is 5.97 Å². The SMILES string of the molecule is O=C(O)c1cccc(-c2ccc(/C=C3\SC(=O)N(Cc4ccc(Br)cc4)C3=O)o2)c1. The molecule has 4 rings (SSSR count). The van der Waals surface area contributed by atoms with Crippen molar-refractivity contribution in [2.75, 3.05) is 0 Å². The first-order chi connectivity index (χ1) is 14.4. The predicted molar refractivity (Wildman–Crippen MR) is 117 cm³/mol. The van der Waals surface area contributed by atoms with Gasteiger partial charge in [0.25, 0.3) is 11.1 Å². The Kier molecular flexibility index (Phi) is 5.61. The van der Waals surface area contributed by atoms with Crippen LogP contribution < -0.4 is 0 Å². The number of carbonyl (C=O) groups excluding carboxylic acids is 2. The number of thioether (sulfide) groups is 1. The van der Waals surface area contributed by atoms with Crippen LogP contribution in [-0.2, 0) is 11.3 Å². The largest absolute Gasteiger partial charge is 0.478 e. The topological polar surface area (TPSA) is 87.8 Å². The van der Waals surface area contributed by atoms with Crippen molar-refractivity contribution in [2.24, 2.45) is 0 Å². The van der Waals surface area contributed by atoms with Crippen LogP contribution in [0, 0.1) is 0 Å². The maximum Gasteiger partial charge on any atom is 0.335 e. The lowest BCUT2D eigenvalue weighted by Crippen LogP contribution is -2.27. The van der Waals surface area contributed by atoms with Crippen molar-refractivity contribution in [3.05, 3.63) is 86.9 Å². The van der Waals surface area contributed by atoms with E-state index in [0.717, 1.165) is 21.8 Å².